The monoisotopic (exact) mass is 265 g/mol. The molecule has 0 aliphatic rings. The van der Waals surface area contributed by atoms with Crippen LogP contribution in [0.4, 0.5) is 0 Å². The fourth-order valence-electron chi connectivity index (χ4n) is 1.49. The third-order valence-corrected chi connectivity index (χ3v) is 2.89. The van der Waals surface area contributed by atoms with Gasteiger partial charge < -0.3 is 4.74 Å². The fraction of sp³-hybridized carbons (Fsp3) is 0.818. The van der Waals surface area contributed by atoms with Gasteiger partial charge in [-0.2, -0.15) is 5.26 Å². The van der Waals surface area contributed by atoms with Gasteiger partial charge in [0.05, 0.1) is 12.7 Å². The standard InChI is InChI=1S/C11H17Cl2NO2/c1-2-16-10(15)11(9-14,5-3-7-12)6-4-8-13/h2-8H2,1H3. The Morgan fingerprint density at radius 2 is 1.81 bits per heavy atom. The molecule has 0 unspecified atom stereocenters. The van der Waals surface area contributed by atoms with E-state index in [1.807, 2.05) is 0 Å². The van der Waals surface area contributed by atoms with Crippen molar-refractivity contribution in [1.82, 2.24) is 0 Å². The van der Waals surface area contributed by atoms with E-state index in [1.54, 1.807) is 6.92 Å². The van der Waals surface area contributed by atoms with Crippen molar-refractivity contribution < 1.29 is 9.53 Å². The summed E-state index contributed by atoms with van der Waals surface area (Å²) >= 11 is 11.2. The third-order valence-electron chi connectivity index (χ3n) is 2.35. The van der Waals surface area contributed by atoms with Crippen LogP contribution in [0.2, 0.25) is 0 Å². The van der Waals surface area contributed by atoms with Crippen molar-refractivity contribution >= 4 is 29.2 Å². The van der Waals surface area contributed by atoms with Crippen LogP contribution >= 0.6 is 23.2 Å². The van der Waals surface area contributed by atoms with Crippen molar-refractivity contribution in [3.63, 3.8) is 0 Å². The third kappa shape index (κ3) is 4.59. The zero-order valence-electron chi connectivity index (χ0n) is 9.47. The van der Waals surface area contributed by atoms with E-state index in [4.69, 9.17) is 27.9 Å². The minimum absolute atomic E-state index is 0.282. The molecule has 92 valence electrons. The summed E-state index contributed by atoms with van der Waals surface area (Å²) in [7, 11) is 0. The van der Waals surface area contributed by atoms with E-state index in [0.29, 0.717) is 37.4 Å². The van der Waals surface area contributed by atoms with Crippen LogP contribution < -0.4 is 0 Å². The van der Waals surface area contributed by atoms with Crippen LogP contribution in [-0.4, -0.2) is 24.3 Å². The number of hydrogen-bond donors (Lipinski definition) is 0. The van der Waals surface area contributed by atoms with Crippen LogP contribution in [0.3, 0.4) is 0 Å². The van der Waals surface area contributed by atoms with E-state index in [0.717, 1.165) is 0 Å². The number of carbonyl (C=O) groups excluding carboxylic acids is 1. The Hall–Kier alpha value is -0.460. The Labute approximate surface area is 107 Å². The van der Waals surface area contributed by atoms with E-state index in [2.05, 4.69) is 6.07 Å². The molecule has 0 bridgehead atoms. The summed E-state index contributed by atoms with van der Waals surface area (Å²) in [6.45, 7) is 2.01. The van der Waals surface area contributed by atoms with Crippen molar-refractivity contribution in [2.75, 3.05) is 18.4 Å². The topological polar surface area (TPSA) is 50.1 Å². The molecule has 0 atom stereocenters. The normalized spacial score (nSPS) is 10.9. The Bertz CT molecular complexity index is 243. The van der Waals surface area contributed by atoms with Crippen molar-refractivity contribution in [1.29, 1.82) is 5.26 Å². The van der Waals surface area contributed by atoms with Gasteiger partial charge in [0.2, 0.25) is 0 Å². The summed E-state index contributed by atoms with van der Waals surface area (Å²) in [5.41, 5.74) is -1.07. The highest BCUT2D eigenvalue weighted by atomic mass is 35.5. The number of ether oxygens (including phenoxy) is 1. The summed E-state index contributed by atoms with van der Waals surface area (Å²) < 4.78 is 4.94. The van der Waals surface area contributed by atoms with Crippen LogP contribution in [0, 0.1) is 16.7 Å². The largest absolute Gasteiger partial charge is 0.465 e. The van der Waals surface area contributed by atoms with Gasteiger partial charge in [-0.3, -0.25) is 4.79 Å². The maximum Gasteiger partial charge on any atom is 0.326 e. The molecule has 0 spiro atoms. The number of halogens is 2. The lowest BCUT2D eigenvalue weighted by molar-refractivity contribution is -0.152. The fourth-order valence-corrected chi connectivity index (χ4v) is 1.76. The Morgan fingerprint density at radius 1 is 1.31 bits per heavy atom. The second kappa shape index (κ2) is 8.66. The highest BCUT2D eigenvalue weighted by Crippen LogP contribution is 2.31. The number of carbonyl (C=O) groups is 1. The average Bonchev–Trinajstić information content (AvgIpc) is 2.30. The Kier molecular flexibility index (Phi) is 8.42. The number of rotatable bonds is 8. The lowest BCUT2D eigenvalue weighted by atomic mass is 9.81. The van der Waals surface area contributed by atoms with Gasteiger partial charge in [-0.1, -0.05) is 0 Å². The molecule has 0 saturated heterocycles. The number of alkyl halides is 2. The zero-order valence-corrected chi connectivity index (χ0v) is 11.0. The van der Waals surface area contributed by atoms with Gasteiger partial charge in [0.25, 0.3) is 0 Å². The van der Waals surface area contributed by atoms with Crippen molar-refractivity contribution in [2.45, 2.75) is 32.6 Å². The van der Waals surface area contributed by atoms with Gasteiger partial charge in [0.1, 0.15) is 0 Å². The average molecular weight is 266 g/mol. The SMILES string of the molecule is CCOC(=O)C(C#N)(CCCCl)CCCCl. The zero-order chi connectivity index (χ0) is 12.4. The van der Waals surface area contributed by atoms with Gasteiger partial charge >= 0.3 is 5.97 Å². The summed E-state index contributed by atoms with van der Waals surface area (Å²) in [6, 6.07) is 2.08. The minimum Gasteiger partial charge on any atom is -0.465 e. The molecule has 0 aliphatic carbocycles. The number of esters is 1. The molecule has 0 rings (SSSR count). The molecule has 16 heavy (non-hydrogen) atoms. The molecule has 0 amide bonds. The van der Waals surface area contributed by atoms with Crippen LogP contribution in [-0.2, 0) is 9.53 Å². The first kappa shape index (κ1) is 15.5. The molecule has 5 heteroatoms. The van der Waals surface area contributed by atoms with Crippen LogP contribution in [0.15, 0.2) is 0 Å². The lowest BCUT2D eigenvalue weighted by Gasteiger charge is -2.23. The number of hydrogen-bond acceptors (Lipinski definition) is 3. The minimum atomic E-state index is -1.07. The molecule has 0 saturated carbocycles. The first-order valence-corrected chi connectivity index (χ1v) is 6.44. The Morgan fingerprint density at radius 3 is 2.12 bits per heavy atom. The first-order valence-electron chi connectivity index (χ1n) is 5.37. The molecule has 0 aromatic carbocycles. The molecule has 0 aromatic heterocycles. The predicted octanol–water partition coefficient (Wildman–Crippen LogP) is 3.10. The van der Waals surface area contributed by atoms with Crippen LogP contribution in [0.1, 0.15) is 32.6 Å². The number of nitrogens with zero attached hydrogens (tertiary/aromatic N) is 1. The maximum atomic E-state index is 11.8. The van der Waals surface area contributed by atoms with E-state index >= 15 is 0 Å². The molecular formula is C11H17Cl2NO2. The molecule has 3 nitrogen and oxygen atoms in total. The van der Waals surface area contributed by atoms with Gasteiger partial charge in [0.15, 0.2) is 5.41 Å². The summed E-state index contributed by atoms with van der Waals surface area (Å²) in [5, 5.41) is 9.19. The summed E-state index contributed by atoms with van der Waals surface area (Å²) in [6.07, 6.45) is 2.11. The molecule has 0 radical (unpaired) electrons. The highest BCUT2D eigenvalue weighted by molar-refractivity contribution is 6.18. The van der Waals surface area contributed by atoms with Gasteiger partial charge in [-0.25, -0.2) is 0 Å². The quantitative estimate of drug-likeness (QED) is 0.501. The summed E-state index contributed by atoms with van der Waals surface area (Å²) in [5.74, 6) is 0.417. The molecule has 0 N–H and O–H groups in total. The molecule has 0 aliphatic heterocycles. The molecule has 0 aromatic rings. The van der Waals surface area contributed by atoms with Crippen LogP contribution in [0.5, 0.6) is 0 Å². The van der Waals surface area contributed by atoms with Crippen LogP contribution in [0.25, 0.3) is 0 Å². The van der Waals surface area contributed by atoms with Gasteiger partial charge in [0, 0.05) is 11.8 Å². The predicted molar refractivity (Wildman–Crippen MR) is 64.6 cm³/mol. The van der Waals surface area contributed by atoms with Crippen molar-refractivity contribution in [2.24, 2.45) is 5.41 Å². The van der Waals surface area contributed by atoms with E-state index in [1.165, 1.54) is 0 Å². The molecule has 0 fully saturated rings. The van der Waals surface area contributed by atoms with Crippen molar-refractivity contribution in [3.05, 3.63) is 0 Å². The van der Waals surface area contributed by atoms with Gasteiger partial charge in [-0.15, -0.1) is 23.2 Å². The lowest BCUT2D eigenvalue weighted by Crippen LogP contribution is -2.32. The van der Waals surface area contributed by atoms with E-state index in [-0.39, 0.29) is 6.61 Å². The first-order chi connectivity index (χ1) is 7.66. The van der Waals surface area contributed by atoms with Crippen molar-refractivity contribution in [3.8, 4) is 6.07 Å². The Balaban J connectivity index is 4.66. The highest BCUT2D eigenvalue weighted by Gasteiger charge is 2.39. The molecular weight excluding hydrogens is 249 g/mol. The second-order valence-electron chi connectivity index (χ2n) is 3.50. The maximum absolute atomic E-state index is 11.8. The molecule has 0 heterocycles. The second-order valence-corrected chi connectivity index (χ2v) is 4.26. The smallest absolute Gasteiger partial charge is 0.326 e. The number of nitriles is 1. The van der Waals surface area contributed by atoms with E-state index < -0.39 is 11.4 Å². The van der Waals surface area contributed by atoms with Gasteiger partial charge in [-0.05, 0) is 32.6 Å². The summed E-state index contributed by atoms with van der Waals surface area (Å²) in [4.78, 5) is 11.8. The van der Waals surface area contributed by atoms with E-state index in [9.17, 15) is 10.1 Å².